The number of carboxylic acid groups (broad SMARTS) is 1. The lowest BCUT2D eigenvalue weighted by Gasteiger charge is -2.38. The summed E-state index contributed by atoms with van der Waals surface area (Å²) in [6.07, 6.45) is 1.00. The van der Waals surface area contributed by atoms with Gasteiger partial charge in [-0.05, 0) is 50.8 Å². The molecule has 10 nitrogen and oxygen atoms in total. The van der Waals surface area contributed by atoms with E-state index < -0.39 is 24.7 Å². The van der Waals surface area contributed by atoms with Crippen molar-refractivity contribution in [3.8, 4) is 23.0 Å². The van der Waals surface area contributed by atoms with Gasteiger partial charge in [-0.25, -0.2) is 9.78 Å². The number of ether oxygens (including phenoxy) is 2. The number of rotatable bonds is 8. The zero-order valence-electron chi connectivity index (χ0n) is 19.4. The maximum atomic E-state index is 13.3. The minimum absolute atomic E-state index is 0.0272. The zero-order valence-corrected chi connectivity index (χ0v) is 19.4. The van der Waals surface area contributed by atoms with Crippen molar-refractivity contribution in [1.29, 1.82) is 0 Å². The van der Waals surface area contributed by atoms with Crippen LogP contribution in [0, 0.1) is 5.92 Å². The topological polar surface area (TPSA) is 131 Å². The summed E-state index contributed by atoms with van der Waals surface area (Å²) in [5.41, 5.74) is 6.47. The zero-order chi connectivity index (χ0) is 25.3. The molecule has 0 unspecified atom stereocenters. The van der Waals surface area contributed by atoms with Gasteiger partial charge in [-0.1, -0.05) is 0 Å². The predicted octanol–water partition coefficient (Wildman–Crippen LogP) is 3.58. The number of piperazine rings is 1. The van der Waals surface area contributed by atoms with Crippen LogP contribution in [0.1, 0.15) is 49.0 Å². The first-order valence-corrected chi connectivity index (χ1v) is 11.4. The minimum atomic E-state index is -3.01. The summed E-state index contributed by atoms with van der Waals surface area (Å²) in [4.78, 5) is 31.8. The molecule has 3 N–H and O–H groups in total. The van der Waals surface area contributed by atoms with Crippen LogP contribution in [0.4, 0.5) is 13.6 Å². The maximum Gasteiger partial charge on any atom is 0.407 e. The lowest BCUT2D eigenvalue weighted by molar-refractivity contribution is -0.0515. The van der Waals surface area contributed by atoms with Gasteiger partial charge in [0.1, 0.15) is 0 Å². The molecule has 2 amide bonds. The SMILES string of the molecule is C[C@H](N)c1oc(-c2ccc(OC(F)F)c(OCC3CC3)c2)nc1C(=O)N1CCN(C(=O)O)[C@H](C)C1. The molecule has 1 saturated carbocycles. The molecule has 2 atom stereocenters. The van der Waals surface area contributed by atoms with Crippen LogP contribution >= 0.6 is 0 Å². The summed E-state index contributed by atoms with van der Waals surface area (Å²) in [5, 5.41) is 9.28. The molecule has 1 saturated heterocycles. The van der Waals surface area contributed by atoms with Crippen LogP contribution in [-0.4, -0.2) is 70.8 Å². The molecular formula is C23H28F2N4O6. The lowest BCUT2D eigenvalue weighted by Crippen LogP contribution is -2.55. The first-order valence-electron chi connectivity index (χ1n) is 11.4. The second-order valence-corrected chi connectivity index (χ2v) is 8.89. The van der Waals surface area contributed by atoms with Gasteiger partial charge in [0, 0.05) is 31.2 Å². The molecule has 4 rings (SSSR count). The molecule has 35 heavy (non-hydrogen) atoms. The monoisotopic (exact) mass is 494 g/mol. The van der Waals surface area contributed by atoms with Crippen LogP contribution < -0.4 is 15.2 Å². The number of hydrogen-bond acceptors (Lipinski definition) is 7. The molecule has 1 aliphatic carbocycles. The van der Waals surface area contributed by atoms with E-state index in [1.165, 1.54) is 28.0 Å². The third kappa shape index (κ3) is 5.64. The second kappa shape index (κ2) is 10.1. The summed E-state index contributed by atoms with van der Waals surface area (Å²) in [6, 6.07) is 3.27. The summed E-state index contributed by atoms with van der Waals surface area (Å²) in [5.74, 6) is 0.237. The Labute approximate surface area is 200 Å². The van der Waals surface area contributed by atoms with Crippen LogP contribution in [0.3, 0.4) is 0 Å². The number of carbonyl (C=O) groups excluding carboxylic acids is 1. The number of carbonyl (C=O) groups is 2. The smallest absolute Gasteiger partial charge is 0.407 e. The highest BCUT2D eigenvalue weighted by Gasteiger charge is 2.33. The van der Waals surface area contributed by atoms with Crippen molar-refractivity contribution in [3.05, 3.63) is 29.7 Å². The Morgan fingerprint density at radius 2 is 2.03 bits per heavy atom. The molecule has 1 aromatic heterocycles. The molecule has 2 aromatic rings. The molecule has 1 aliphatic heterocycles. The van der Waals surface area contributed by atoms with E-state index >= 15 is 0 Å². The third-order valence-corrected chi connectivity index (χ3v) is 6.01. The molecule has 2 fully saturated rings. The summed E-state index contributed by atoms with van der Waals surface area (Å²) < 4.78 is 41.8. The number of hydrogen-bond donors (Lipinski definition) is 2. The number of aromatic nitrogens is 1. The van der Waals surface area contributed by atoms with Gasteiger partial charge >= 0.3 is 12.7 Å². The first-order chi connectivity index (χ1) is 16.6. The maximum absolute atomic E-state index is 13.3. The number of oxazole rings is 1. The van der Waals surface area contributed by atoms with E-state index in [9.17, 15) is 23.5 Å². The number of nitrogens with two attached hydrogens (primary N) is 1. The minimum Gasteiger partial charge on any atom is -0.489 e. The highest BCUT2D eigenvalue weighted by molar-refractivity contribution is 5.94. The average Bonchev–Trinajstić information content (AvgIpc) is 3.52. The normalized spacial score (nSPS) is 19.1. The van der Waals surface area contributed by atoms with Gasteiger partial charge in [-0.15, -0.1) is 0 Å². The molecule has 1 aromatic carbocycles. The van der Waals surface area contributed by atoms with Crippen molar-refractivity contribution in [3.63, 3.8) is 0 Å². The number of nitrogens with zero attached hydrogens (tertiary/aromatic N) is 3. The summed E-state index contributed by atoms with van der Waals surface area (Å²) in [6.45, 7) is 1.32. The van der Waals surface area contributed by atoms with Crippen molar-refractivity contribution >= 4 is 12.0 Å². The van der Waals surface area contributed by atoms with Crippen molar-refractivity contribution in [1.82, 2.24) is 14.8 Å². The Kier molecular flexibility index (Phi) is 7.10. The van der Waals surface area contributed by atoms with Gasteiger partial charge in [0.2, 0.25) is 5.89 Å². The Morgan fingerprint density at radius 3 is 2.63 bits per heavy atom. The highest BCUT2D eigenvalue weighted by atomic mass is 19.3. The van der Waals surface area contributed by atoms with Crippen molar-refractivity contribution in [2.75, 3.05) is 26.2 Å². The van der Waals surface area contributed by atoms with Crippen LogP contribution in [-0.2, 0) is 0 Å². The molecule has 0 spiro atoms. The molecule has 190 valence electrons. The van der Waals surface area contributed by atoms with Gasteiger partial charge in [0.05, 0.1) is 12.6 Å². The van der Waals surface area contributed by atoms with Gasteiger partial charge in [-0.2, -0.15) is 8.78 Å². The standard InChI is InChI=1S/C23H28F2N4O6/c1-12-10-28(7-8-29(12)23(31)32)21(30)18-19(13(2)26)35-20(27-18)15-5-6-16(34-22(24)25)17(9-15)33-11-14-3-4-14/h5-6,9,12-14,22H,3-4,7-8,10-11,26H2,1-2H3,(H,31,32)/t12-,13+/m1/s1. The summed E-state index contributed by atoms with van der Waals surface area (Å²) >= 11 is 0. The Bertz CT molecular complexity index is 1090. The Balaban J connectivity index is 1.61. The fraction of sp³-hybridized carbons (Fsp3) is 0.522. The quantitative estimate of drug-likeness (QED) is 0.569. The van der Waals surface area contributed by atoms with Crippen LogP contribution in [0.2, 0.25) is 0 Å². The van der Waals surface area contributed by atoms with E-state index in [1.807, 2.05) is 0 Å². The Morgan fingerprint density at radius 1 is 1.29 bits per heavy atom. The second-order valence-electron chi connectivity index (χ2n) is 8.89. The predicted molar refractivity (Wildman–Crippen MR) is 119 cm³/mol. The summed E-state index contributed by atoms with van der Waals surface area (Å²) in [7, 11) is 0. The van der Waals surface area contributed by atoms with E-state index in [0.717, 1.165) is 12.8 Å². The van der Waals surface area contributed by atoms with E-state index in [0.29, 0.717) is 18.1 Å². The van der Waals surface area contributed by atoms with E-state index in [-0.39, 0.29) is 54.5 Å². The molecule has 2 heterocycles. The number of amides is 2. The fourth-order valence-corrected chi connectivity index (χ4v) is 3.93. The molecule has 2 aliphatic rings. The van der Waals surface area contributed by atoms with E-state index in [4.69, 9.17) is 14.9 Å². The number of halogens is 2. The molecule has 0 radical (unpaired) electrons. The number of benzene rings is 1. The fourth-order valence-electron chi connectivity index (χ4n) is 3.93. The lowest BCUT2D eigenvalue weighted by atomic mass is 10.1. The Hall–Kier alpha value is -3.41. The van der Waals surface area contributed by atoms with Crippen molar-refractivity contribution in [2.24, 2.45) is 11.7 Å². The van der Waals surface area contributed by atoms with Crippen molar-refractivity contribution < 1.29 is 37.4 Å². The van der Waals surface area contributed by atoms with Crippen LogP contribution in [0.15, 0.2) is 22.6 Å². The van der Waals surface area contributed by atoms with Crippen molar-refractivity contribution in [2.45, 2.75) is 45.4 Å². The molecular weight excluding hydrogens is 466 g/mol. The van der Waals surface area contributed by atoms with Crippen LogP contribution in [0.25, 0.3) is 11.5 Å². The first kappa shape index (κ1) is 24.7. The van der Waals surface area contributed by atoms with E-state index in [2.05, 4.69) is 9.72 Å². The molecule has 0 bridgehead atoms. The molecule has 12 heteroatoms. The average molecular weight is 494 g/mol. The highest BCUT2D eigenvalue weighted by Crippen LogP contribution is 2.37. The van der Waals surface area contributed by atoms with Gasteiger partial charge < -0.3 is 34.5 Å². The number of alkyl halides is 2. The van der Waals surface area contributed by atoms with Gasteiger partial charge in [0.25, 0.3) is 5.91 Å². The van der Waals surface area contributed by atoms with Crippen LogP contribution in [0.5, 0.6) is 11.5 Å². The van der Waals surface area contributed by atoms with Gasteiger partial charge in [-0.3, -0.25) is 4.79 Å². The largest absolute Gasteiger partial charge is 0.489 e. The van der Waals surface area contributed by atoms with E-state index in [1.54, 1.807) is 13.8 Å². The third-order valence-electron chi connectivity index (χ3n) is 6.01. The van der Waals surface area contributed by atoms with Gasteiger partial charge in [0.15, 0.2) is 23.0 Å².